The van der Waals surface area contributed by atoms with Crippen LogP contribution in [0.3, 0.4) is 0 Å². The first kappa shape index (κ1) is 7.00. The van der Waals surface area contributed by atoms with Gasteiger partial charge in [0, 0.05) is 0 Å². The largest absolute Gasteiger partial charge is 0.275 e. The van der Waals surface area contributed by atoms with Crippen LogP contribution in [0.25, 0.3) is 0 Å². The van der Waals surface area contributed by atoms with Gasteiger partial charge in [0.05, 0.1) is 11.1 Å². The molecule has 0 radical (unpaired) electrons. The van der Waals surface area contributed by atoms with Crippen molar-refractivity contribution >= 4 is 11.8 Å². The predicted octanol–water partition coefficient (Wildman–Crippen LogP) is 0.156. The number of benzene rings is 1. The van der Waals surface area contributed by atoms with E-state index in [2.05, 4.69) is 0 Å². The zero-order chi connectivity index (χ0) is 8.72. The van der Waals surface area contributed by atoms with E-state index in [9.17, 15) is 9.59 Å². The number of hydrazine groups is 1. The highest BCUT2D eigenvalue weighted by Gasteiger charge is 2.32. The van der Waals surface area contributed by atoms with Crippen LogP contribution >= 0.6 is 0 Å². The number of hydrogen-bond acceptors (Lipinski definition) is 3. The van der Waals surface area contributed by atoms with Gasteiger partial charge in [-0.3, -0.25) is 9.59 Å². The van der Waals surface area contributed by atoms with Crippen molar-refractivity contribution in [2.75, 3.05) is 0 Å². The van der Waals surface area contributed by atoms with Gasteiger partial charge in [-0.15, -0.1) is 0 Å². The van der Waals surface area contributed by atoms with Crippen LogP contribution < -0.4 is 5.84 Å². The van der Waals surface area contributed by atoms with Crippen LogP contribution in [0, 0.1) is 0 Å². The Labute approximate surface area is 68.5 Å². The first-order chi connectivity index (χ1) is 5.72. The maximum absolute atomic E-state index is 11.2. The lowest BCUT2D eigenvalue weighted by Gasteiger charge is -2.01. The molecule has 0 bridgehead atoms. The fraction of sp³-hybridized carbons (Fsp3) is 0. The summed E-state index contributed by atoms with van der Waals surface area (Å²) in [6.45, 7) is 0. The summed E-state index contributed by atoms with van der Waals surface area (Å²) >= 11 is 0. The van der Waals surface area contributed by atoms with Gasteiger partial charge in [-0.2, -0.15) is 0 Å². The minimum absolute atomic E-state index is 0.380. The Bertz CT molecular complexity index is 338. The third kappa shape index (κ3) is 0.695. The van der Waals surface area contributed by atoms with Crippen molar-refractivity contribution in [2.45, 2.75) is 0 Å². The molecule has 1 aromatic rings. The van der Waals surface area contributed by atoms with Crippen LogP contribution in [0.1, 0.15) is 20.7 Å². The molecule has 1 aliphatic heterocycles. The van der Waals surface area contributed by atoms with Gasteiger partial charge in [0.25, 0.3) is 11.8 Å². The van der Waals surface area contributed by atoms with Gasteiger partial charge in [0.15, 0.2) is 0 Å². The van der Waals surface area contributed by atoms with Crippen molar-refractivity contribution in [3.63, 3.8) is 0 Å². The fourth-order valence-electron chi connectivity index (χ4n) is 1.21. The van der Waals surface area contributed by atoms with Crippen LogP contribution in [0.5, 0.6) is 0 Å². The van der Waals surface area contributed by atoms with E-state index in [-0.39, 0.29) is 0 Å². The SMILES string of the molecule is N[14N]1C(=O)c2ccccc2C1=O. The standard InChI is InChI=1S/C8H6N2O2/c9-10-7(11)5-3-1-2-4-6(5)8(10)12/h1-4H,9H2/i10+0. The van der Waals surface area contributed by atoms with E-state index >= 15 is 0 Å². The molecule has 0 unspecified atom stereocenters. The summed E-state index contributed by atoms with van der Waals surface area (Å²) in [6.07, 6.45) is 0. The fourth-order valence-corrected chi connectivity index (χ4v) is 1.21. The number of nitrogens with zero attached hydrogens (tertiary/aromatic N) is 1. The highest BCUT2D eigenvalue weighted by molar-refractivity contribution is 6.20. The van der Waals surface area contributed by atoms with Gasteiger partial charge >= 0.3 is 0 Å². The number of fused-ring (bicyclic) bond motifs is 1. The smallest absolute Gasteiger partial charge is 0.267 e. The van der Waals surface area contributed by atoms with Gasteiger partial charge in [-0.1, -0.05) is 12.1 Å². The molecule has 2 rings (SSSR count). The monoisotopic (exact) mass is 162 g/mol. The van der Waals surface area contributed by atoms with E-state index in [0.717, 1.165) is 0 Å². The summed E-state index contributed by atoms with van der Waals surface area (Å²) in [5, 5.41) is 0.630. The predicted molar refractivity (Wildman–Crippen MR) is 41.1 cm³/mol. The number of amides is 2. The average Bonchev–Trinajstić information content (AvgIpc) is 2.33. The Morgan fingerprint density at radius 2 is 1.42 bits per heavy atom. The summed E-state index contributed by atoms with van der Waals surface area (Å²) in [6, 6.07) is 6.57. The quantitative estimate of drug-likeness (QED) is 0.335. The molecule has 0 saturated carbocycles. The molecule has 4 nitrogen and oxygen atoms in total. The number of nitrogens with two attached hydrogens (primary N) is 1. The lowest BCUT2D eigenvalue weighted by atomic mass is 10.1. The summed E-state index contributed by atoms with van der Waals surface area (Å²) in [5.74, 6) is 4.34. The minimum Gasteiger partial charge on any atom is -0.267 e. The normalized spacial score (nSPS) is 15.2. The Morgan fingerprint density at radius 3 is 1.83 bits per heavy atom. The highest BCUT2D eigenvalue weighted by atomic mass is 16.2. The Hall–Kier alpha value is -1.68. The second kappa shape index (κ2) is 2.15. The third-order valence-corrected chi connectivity index (χ3v) is 1.83. The number of carbonyl (C=O) groups excluding carboxylic acids is 2. The Kier molecular flexibility index (Phi) is 1.25. The first-order valence-corrected chi connectivity index (χ1v) is 3.44. The average molecular weight is 162 g/mol. The number of hydrogen-bond donors (Lipinski definition) is 1. The van der Waals surface area contributed by atoms with Crippen LogP contribution in [-0.4, -0.2) is 16.8 Å². The molecule has 4 heteroatoms. The van der Waals surface area contributed by atoms with E-state index in [0.29, 0.717) is 16.1 Å². The molecule has 0 atom stereocenters. The molecule has 1 aliphatic rings. The second-order valence-corrected chi connectivity index (χ2v) is 2.53. The molecule has 0 aliphatic carbocycles. The van der Waals surface area contributed by atoms with E-state index in [1.165, 1.54) is 0 Å². The van der Waals surface area contributed by atoms with Gasteiger partial charge < -0.3 is 0 Å². The van der Waals surface area contributed by atoms with Crippen molar-refractivity contribution in [1.82, 2.24) is 5.01 Å². The molecule has 1 heterocycles. The number of imide groups is 1. The van der Waals surface area contributed by atoms with E-state index < -0.39 is 11.8 Å². The van der Waals surface area contributed by atoms with Crippen molar-refractivity contribution < 1.29 is 9.59 Å². The molecule has 0 spiro atoms. The van der Waals surface area contributed by atoms with Crippen LogP contribution in [0.2, 0.25) is 0 Å². The van der Waals surface area contributed by atoms with E-state index in [1.54, 1.807) is 24.3 Å². The number of rotatable bonds is 0. The van der Waals surface area contributed by atoms with E-state index in [1.807, 2.05) is 0 Å². The minimum atomic E-state index is -0.435. The van der Waals surface area contributed by atoms with Crippen molar-refractivity contribution in [3.05, 3.63) is 35.4 Å². The number of carbonyl (C=O) groups is 2. The maximum atomic E-state index is 11.2. The lowest BCUT2D eigenvalue weighted by molar-refractivity contribution is 0.0654. The summed E-state index contributed by atoms with van der Waals surface area (Å²) in [7, 11) is 0. The molecule has 0 fully saturated rings. The zero-order valence-electron chi connectivity index (χ0n) is 6.15. The Morgan fingerprint density at radius 1 is 1.00 bits per heavy atom. The van der Waals surface area contributed by atoms with Crippen LogP contribution in [0.15, 0.2) is 24.3 Å². The van der Waals surface area contributed by atoms with Crippen molar-refractivity contribution in [3.8, 4) is 0 Å². The topological polar surface area (TPSA) is 63.4 Å². The van der Waals surface area contributed by atoms with Gasteiger partial charge in [-0.05, 0) is 12.1 Å². The van der Waals surface area contributed by atoms with Crippen LogP contribution in [0.4, 0.5) is 0 Å². The van der Waals surface area contributed by atoms with Crippen molar-refractivity contribution in [1.29, 1.82) is 0 Å². The molecule has 0 saturated heterocycles. The molecular weight excluding hydrogens is 156 g/mol. The summed E-state index contributed by atoms with van der Waals surface area (Å²) < 4.78 is 0. The first-order valence-electron chi connectivity index (χ1n) is 3.44. The summed E-state index contributed by atoms with van der Waals surface area (Å²) in [4.78, 5) is 22.4. The van der Waals surface area contributed by atoms with Crippen LogP contribution in [-0.2, 0) is 0 Å². The van der Waals surface area contributed by atoms with Crippen molar-refractivity contribution in [2.24, 2.45) is 5.84 Å². The van der Waals surface area contributed by atoms with Gasteiger partial charge in [0.2, 0.25) is 0 Å². The maximum Gasteiger partial charge on any atom is 0.275 e. The van der Waals surface area contributed by atoms with E-state index in [4.69, 9.17) is 5.84 Å². The molecule has 60 valence electrons. The molecule has 2 N–H and O–H groups in total. The second-order valence-electron chi connectivity index (χ2n) is 2.53. The summed E-state index contributed by atoms with van der Waals surface area (Å²) in [5.41, 5.74) is 0.759. The highest BCUT2D eigenvalue weighted by Crippen LogP contribution is 2.18. The van der Waals surface area contributed by atoms with Gasteiger partial charge in [0.1, 0.15) is 0 Å². The molecule has 0 aromatic heterocycles. The molecule has 1 aromatic carbocycles. The lowest BCUT2D eigenvalue weighted by Crippen LogP contribution is -2.36. The molecule has 12 heavy (non-hydrogen) atoms. The molecule has 2 amide bonds. The zero-order valence-corrected chi connectivity index (χ0v) is 6.15. The third-order valence-electron chi connectivity index (χ3n) is 1.83. The van der Waals surface area contributed by atoms with Gasteiger partial charge in [-0.25, -0.2) is 10.9 Å². The Balaban J connectivity index is 2.67. The molecular formula is C8H6N2O2.